The van der Waals surface area contributed by atoms with E-state index in [0.29, 0.717) is 22.5 Å². The molecule has 0 fully saturated rings. The highest BCUT2D eigenvalue weighted by Crippen LogP contribution is 2.34. The van der Waals surface area contributed by atoms with Crippen LogP contribution in [0.4, 0.5) is 0 Å². The van der Waals surface area contributed by atoms with Crippen LogP contribution in [0.2, 0.25) is 0 Å². The lowest BCUT2D eigenvalue weighted by atomic mass is 10.2. The van der Waals surface area contributed by atoms with Crippen LogP contribution >= 0.6 is 31.9 Å². The minimum absolute atomic E-state index is 0.176. The monoisotopic (exact) mass is 432 g/mol. The molecule has 4 nitrogen and oxygen atoms in total. The third-order valence-corrected chi connectivity index (χ3v) is 7.22. The lowest BCUT2D eigenvalue weighted by Gasteiger charge is -2.34. The summed E-state index contributed by atoms with van der Waals surface area (Å²) in [4.78, 5) is 0.295. The fourth-order valence-electron chi connectivity index (χ4n) is 2.69. The van der Waals surface area contributed by atoms with Crippen molar-refractivity contribution in [2.24, 2.45) is 0 Å². The van der Waals surface area contributed by atoms with Crippen LogP contribution < -0.4 is 0 Å². The highest BCUT2D eigenvalue weighted by Gasteiger charge is 2.34. The molecular formula is C14H14Br2N2O2S. The average Bonchev–Trinajstić information content (AvgIpc) is 2.91. The number of nitrogens with zero attached hydrogens (tertiary/aromatic N) is 2. The third-order valence-electron chi connectivity index (χ3n) is 3.77. The molecule has 1 aromatic carbocycles. The van der Waals surface area contributed by atoms with Crippen molar-refractivity contribution in [1.82, 2.24) is 8.87 Å². The summed E-state index contributed by atoms with van der Waals surface area (Å²) in [7, 11) is -3.54. The molecule has 2 heterocycles. The second-order valence-electron chi connectivity index (χ2n) is 4.99. The van der Waals surface area contributed by atoms with E-state index in [-0.39, 0.29) is 6.04 Å². The Morgan fingerprint density at radius 1 is 1.19 bits per heavy atom. The Bertz CT molecular complexity index is 786. The maximum Gasteiger partial charge on any atom is 0.244 e. The molecule has 2 aromatic rings. The quantitative estimate of drug-likeness (QED) is 0.723. The van der Waals surface area contributed by atoms with E-state index < -0.39 is 10.0 Å². The minimum atomic E-state index is -3.54. The van der Waals surface area contributed by atoms with Crippen LogP contribution in [0.15, 0.2) is 50.4 Å². The first-order valence-corrected chi connectivity index (χ1v) is 9.56. The number of hydrogen-bond donors (Lipinski definition) is 0. The fourth-order valence-corrected chi connectivity index (χ4v) is 5.75. The van der Waals surface area contributed by atoms with Crippen molar-refractivity contribution in [3.63, 3.8) is 0 Å². The van der Waals surface area contributed by atoms with E-state index in [9.17, 15) is 8.42 Å². The molecule has 112 valence electrons. The highest BCUT2D eigenvalue weighted by atomic mass is 79.9. The number of aromatic nitrogens is 1. The lowest BCUT2D eigenvalue weighted by Crippen LogP contribution is -2.40. The van der Waals surface area contributed by atoms with Gasteiger partial charge >= 0.3 is 0 Å². The predicted octanol–water partition coefficient (Wildman–Crippen LogP) is 3.78. The van der Waals surface area contributed by atoms with E-state index >= 15 is 0 Å². The topological polar surface area (TPSA) is 42.3 Å². The number of halogens is 2. The van der Waals surface area contributed by atoms with Gasteiger partial charge in [0.05, 0.1) is 10.9 Å². The van der Waals surface area contributed by atoms with Crippen LogP contribution in [0, 0.1) is 0 Å². The van der Waals surface area contributed by atoms with Crippen LogP contribution in [0.5, 0.6) is 0 Å². The largest absolute Gasteiger partial charge is 0.349 e. The third kappa shape index (κ3) is 2.60. The molecule has 0 N–H and O–H groups in total. The number of fused-ring (bicyclic) bond motifs is 1. The van der Waals surface area contributed by atoms with Gasteiger partial charge in [-0.25, -0.2) is 8.42 Å². The maximum absolute atomic E-state index is 13.0. The first kappa shape index (κ1) is 15.3. The van der Waals surface area contributed by atoms with Gasteiger partial charge in [0.2, 0.25) is 10.0 Å². The van der Waals surface area contributed by atoms with E-state index in [1.54, 1.807) is 16.4 Å². The molecule has 21 heavy (non-hydrogen) atoms. The normalized spacial score (nSPS) is 19.5. The summed E-state index contributed by atoms with van der Waals surface area (Å²) in [6.07, 6.45) is 1.99. The second-order valence-corrected chi connectivity index (χ2v) is 8.62. The molecule has 7 heteroatoms. The molecule has 3 rings (SSSR count). The zero-order valence-corrected chi connectivity index (χ0v) is 15.3. The minimum Gasteiger partial charge on any atom is -0.349 e. The van der Waals surface area contributed by atoms with E-state index in [0.717, 1.165) is 10.2 Å². The van der Waals surface area contributed by atoms with Gasteiger partial charge in [-0.05, 0) is 53.2 Å². The van der Waals surface area contributed by atoms with E-state index in [2.05, 4.69) is 36.4 Å². The van der Waals surface area contributed by atoms with E-state index in [4.69, 9.17) is 0 Å². The van der Waals surface area contributed by atoms with Crippen molar-refractivity contribution in [3.05, 3.63) is 51.2 Å². The number of rotatable bonds is 2. The molecule has 0 unspecified atom stereocenters. The predicted molar refractivity (Wildman–Crippen MR) is 88.6 cm³/mol. The SMILES string of the molecule is C[C@H]1c2cccn2CCN1S(=O)(=O)c1cc(Br)ccc1Br. The Hall–Kier alpha value is -0.630. The lowest BCUT2D eigenvalue weighted by molar-refractivity contribution is 0.282. The zero-order chi connectivity index (χ0) is 15.2. The summed E-state index contributed by atoms with van der Waals surface area (Å²) in [5.41, 5.74) is 1.02. The van der Waals surface area contributed by atoms with Gasteiger partial charge in [0.15, 0.2) is 0 Å². The van der Waals surface area contributed by atoms with Crippen LogP contribution in [0.1, 0.15) is 18.7 Å². The Morgan fingerprint density at radius 2 is 1.95 bits per heavy atom. The average molecular weight is 434 g/mol. The second kappa shape index (κ2) is 5.53. The van der Waals surface area contributed by atoms with Crippen LogP contribution in [-0.2, 0) is 16.6 Å². The molecule has 0 saturated heterocycles. The summed E-state index contributed by atoms with van der Waals surface area (Å²) in [6.45, 7) is 3.08. The molecule has 0 amide bonds. The number of sulfonamides is 1. The Kier molecular flexibility index (Phi) is 4.02. The first-order chi connectivity index (χ1) is 9.91. The Balaban J connectivity index is 2.05. The van der Waals surface area contributed by atoms with Gasteiger partial charge in [0.25, 0.3) is 0 Å². The van der Waals surface area contributed by atoms with Crippen molar-refractivity contribution in [3.8, 4) is 0 Å². The van der Waals surface area contributed by atoms with Crippen molar-refractivity contribution in [1.29, 1.82) is 0 Å². The maximum atomic E-state index is 13.0. The molecule has 1 aliphatic heterocycles. The summed E-state index contributed by atoms with van der Waals surface area (Å²) in [6, 6.07) is 8.95. The molecular weight excluding hydrogens is 420 g/mol. The molecule has 0 spiro atoms. The molecule has 0 bridgehead atoms. The standard InChI is InChI=1S/C14H14Br2N2O2S/c1-10-13-3-2-6-17(13)7-8-18(10)21(19,20)14-9-11(15)4-5-12(14)16/h2-6,9-10H,7-8H2,1H3/t10-/m0/s1. The molecule has 1 atom stereocenters. The smallest absolute Gasteiger partial charge is 0.244 e. The first-order valence-electron chi connectivity index (χ1n) is 6.53. The molecule has 0 radical (unpaired) electrons. The van der Waals surface area contributed by atoms with Crippen molar-refractivity contribution < 1.29 is 8.42 Å². The van der Waals surface area contributed by atoms with Crippen molar-refractivity contribution in [2.45, 2.75) is 24.4 Å². The molecule has 1 aromatic heterocycles. The Morgan fingerprint density at radius 3 is 2.71 bits per heavy atom. The van der Waals surface area contributed by atoms with Gasteiger partial charge in [-0.1, -0.05) is 15.9 Å². The van der Waals surface area contributed by atoms with Gasteiger partial charge < -0.3 is 4.57 Å². The fraction of sp³-hybridized carbons (Fsp3) is 0.286. The summed E-state index contributed by atoms with van der Waals surface area (Å²) >= 11 is 6.68. The summed E-state index contributed by atoms with van der Waals surface area (Å²) in [5.74, 6) is 0. The van der Waals surface area contributed by atoms with Crippen molar-refractivity contribution >= 4 is 41.9 Å². The number of benzene rings is 1. The van der Waals surface area contributed by atoms with Crippen LogP contribution in [-0.4, -0.2) is 23.8 Å². The van der Waals surface area contributed by atoms with Gasteiger partial charge in [-0.15, -0.1) is 0 Å². The highest BCUT2D eigenvalue weighted by molar-refractivity contribution is 9.11. The van der Waals surface area contributed by atoms with Gasteiger partial charge in [-0.2, -0.15) is 4.31 Å². The molecule has 0 saturated carbocycles. The Labute approximate surface area is 141 Å². The number of hydrogen-bond acceptors (Lipinski definition) is 2. The van der Waals surface area contributed by atoms with Crippen LogP contribution in [0.25, 0.3) is 0 Å². The summed E-state index contributed by atoms with van der Waals surface area (Å²) < 4.78 is 30.9. The van der Waals surface area contributed by atoms with E-state index in [1.165, 1.54) is 0 Å². The van der Waals surface area contributed by atoms with Gasteiger partial charge in [0.1, 0.15) is 0 Å². The van der Waals surface area contributed by atoms with Crippen molar-refractivity contribution in [2.75, 3.05) is 6.54 Å². The molecule has 0 aliphatic carbocycles. The van der Waals surface area contributed by atoms with E-state index in [1.807, 2.05) is 31.3 Å². The van der Waals surface area contributed by atoms with Gasteiger partial charge in [-0.3, -0.25) is 0 Å². The van der Waals surface area contributed by atoms with Crippen LogP contribution in [0.3, 0.4) is 0 Å². The summed E-state index contributed by atoms with van der Waals surface area (Å²) in [5, 5.41) is 0. The zero-order valence-electron chi connectivity index (χ0n) is 11.3. The van der Waals surface area contributed by atoms with Gasteiger partial charge in [0, 0.05) is 33.9 Å². The molecule has 1 aliphatic rings.